The fraction of sp³-hybridized carbons (Fsp3) is 0.867. The third kappa shape index (κ3) is 4.03. The van der Waals surface area contributed by atoms with Gasteiger partial charge < -0.3 is 10.2 Å². The van der Waals surface area contributed by atoms with Crippen LogP contribution in [0.25, 0.3) is 0 Å². The van der Waals surface area contributed by atoms with Crippen LogP contribution in [0.5, 0.6) is 0 Å². The van der Waals surface area contributed by atoms with Gasteiger partial charge in [0.1, 0.15) is 0 Å². The molecule has 0 amide bonds. The van der Waals surface area contributed by atoms with E-state index in [0.717, 1.165) is 31.4 Å². The van der Waals surface area contributed by atoms with E-state index < -0.39 is 0 Å². The number of piperidine rings is 1. The first-order valence-electron chi connectivity index (χ1n) is 7.95. The highest BCUT2D eigenvalue weighted by Crippen LogP contribution is 2.29. The molecule has 5 nitrogen and oxygen atoms in total. The molecule has 2 fully saturated rings. The number of nitrogens with one attached hydrogen (secondary N) is 1. The van der Waals surface area contributed by atoms with E-state index in [1.807, 2.05) is 4.68 Å². The largest absolute Gasteiger partial charge is 0.308 e. The summed E-state index contributed by atoms with van der Waals surface area (Å²) >= 11 is 0. The van der Waals surface area contributed by atoms with Gasteiger partial charge in [0, 0.05) is 25.3 Å². The van der Waals surface area contributed by atoms with E-state index in [2.05, 4.69) is 40.6 Å². The van der Waals surface area contributed by atoms with Crippen molar-refractivity contribution in [3.63, 3.8) is 0 Å². The first-order valence-corrected chi connectivity index (χ1v) is 7.95. The van der Waals surface area contributed by atoms with E-state index in [1.54, 1.807) is 0 Å². The lowest BCUT2D eigenvalue weighted by Gasteiger charge is -2.36. The summed E-state index contributed by atoms with van der Waals surface area (Å²) in [5.41, 5.74) is 1.60. The molecule has 5 heteroatoms. The van der Waals surface area contributed by atoms with Crippen LogP contribution in [0.4, 0.5) is 0 Å². The molecule has 1 aromatic heterocycles. The Morgan fingerprint density at radius 1 is 1.25 bits per heavy atom. The highest BCUT2D eigenvalue weighted by Gasteiger charge is 2.25. The molecule has 20 heavy (non-hydrogen) atoms. The van der Waals surface area contributed by atoms with Crippen molar-refractivity contribution in [2.24, 2.45) is 5.41 Å². The van der Waals surface area contributed by atoms with Gasteiger partial charge in [-0.3, -0.25) is 4.68 Å². The first kappa shape index (κ1) is 14.0. The minimum Gasteiger partial charge on any atom is -0.308 e. The van der Waals surface area contributed by atoms with Crippen LogP contribution in [-0.4, -0.2) is 45.6 Å². The van der Waals surface area contributed by atoms with Gasteiger partial charge in [0.05, 0.1) is 12.2 Å². The Bertz CT molecular complexity index is 425. The topological polar surface area (TPSA) is 46.0 Å². The minimum absolute atomic E-state index is 0.533. The highest BCUT2D eigenvalue weighted by atomic mass is 15.4. The van der Waals surface area contributed by atoms with E-state index in [9.17, 15) is 0 Å². The van der Waals surface area contributed by atoms with Crippen molar-refractivity contribution >= 4 is 0 Å². The zero-order valence-electron chi connectivity index (χ0n) is 12.8. The summed E-state index contributed by atoms with van der Waals surface area (Å²) in [6, 6.07) is 0.733. The number of hydrogen-bond donors (Lipinski definition) is 1. The lowest BCUT2D eigenvalue weighted by molar-refractivity contribution is 0.128. The van der Waals surface area contributed by atoms with Gasteiger partial charge in [0.15, 0.2) is 0 Å². The fourth-order valence-corrected chi connectivity index (χ4v) is 2.69. The highest BCUT2D eigenvalue weighted by molar-refractivity contribution is 4.94. The second kappa shape index (κ2) is 5.82. The Balaban J connectivity index is 1.39. The Labute approximate surface area is 121 Å². The summed E-state index contributed by atoms with van der Waals surface area (Å²) in [4.78, 5) is 2.55. The summed E-state index contributed by atoms with van der Waals surface area (Å²) < 4.78 is 1.99. The molecule has 3 rings (SSSR count). The summed E-state index contributed by atoms with van der Waals surface area (Å²) in [6.07, 6.45) is 7.34. The van der Waals surface area contributed by atoms with Crippen molar-refractivity contribution < 1.29 is 0 Å². The molecule has 1 aliphatic heterocycles. The maximum absolute atomic E-state index is 4.23. The van der Waals surface area contributed by atoms with Crippen molar-refractivity contribution in [3.05, 3.63) is 11.9 Å². The molecule has 2 heterocycles. The second-order valence-corrected chi connectivity index (χ2v) is 7.13. The summed E-state index contributed by atoms with van der Waals surface area (Å²) in [5, 5.41) is 11.9. The van der Waals surface area contributed by atoms with Crippen molar-refractivity contribution in [2.45, 2.75) is 58.7 Å². The first-order chi connectivity index (χ1) is 9.61. The average Bonchev–Trinajstić information content (AvgIpc) is 3.14. The molecule has 112 valence electrons. The smallest absolute Gasteiger partial charge is 0.0964 e. The van der Waals surface area contributed by atoms with Gasteiger partial charge in [-0.2, -0.15) is 0 Å². The maximum atomic E-state index is 4.23. The van der Waals surface area contributed by atoms with E-state index in [-0.39, 0.29) is 0 Å². The molecule has 1 N–H and O–H groups in total. The Kier molecular flexibility index (Phi) is 4.08. The van der Waals surface area contributed by atoms with Crippen LogP contribution in [0, 0.1) is 5.41 Å². The third-order valence-corrected chi connectivity index (χ3v) is 4.59. The van der Waals surface area contributed by atoms with Crippen LogP contribution in [0.2, 0.25) is 0 Å². The van der Waals surface area contributed by atoms with Crippen LogP contribution in [0.3, 0.4) is 0 Å². The number of likely N-dealkylation sites (tertiary alicyclic amines) is 1. The van der Waals surface area contributed by atoms with E-state index in [4.69, 9.17) is 0 Å². The van der Waals surface area contributed by atoms with Crippen LogP contribution in [0.15, 0.2) is 6.20 Å². The van der Waals surface area contributed by atoms with Crippen LogP contribution in [-0.2, 0) is 13.1 Å². The minimum atomic E-state index is 0.533. The lowest BCUT2D eigenvalue weighted by atomic mass is 9.83. The molecule has 0 bridgehead atoms. The molecular formula is C15H27N5. The Morgan fingerprint density at radius 3 is 2.70 bits per heavy atom. The number of hydrogen-bond acceptors (Lipinski definition) is 4. The molecule has 1 saturated carbocycles. The number of aromatic nitrogens is 3. The molecular weight excluding hydrogens is 250 g/mol. The maximum Gasteiger partial charge on any atom is 0.0964 e. The predicted molar refractivity (Wildman–Crippen MR) is 79.3 cm³/mol. The van der Waals surface area contributed by atoms with Crippen molar-refractivity contribution in [3.8, 4) is 0 Å². The molecule has 0 radical (unpaired) electrons. The van der Waals surface area contributed by atoms with Crippen LogP contribution < -0.4 is 5.32 Å². The molecule has 2 aliphatic rings. The molecule has 1 aromatic rings. The zero-order valence-corrected chi connectivity index (χ0v) is 12.8. The van der Waals surface area contributed by atoms with Gasteiger partial charge in [-0.1, -0.05) is 19.1 Å². The number of nitrogens with zero attached hydrogens (tertiary/aromatic N) is 4. The van der Waals surface area contributed by atoms with Crippen LogP contribution >= 0.6 is 0 Å². The fourth-order valence-electron chi connectivity index (χ4n) is 2.69. The zero-order chi connectivity index (χ0) is 14.0. The molecule has 0 spiro atoms. The van der Waals surface area contributed by atoms with E-state index in [0.29, 0.717) is 5.41 Å². The van der Waals surface area contributed by atoms with Crippen molar-refractivity contribution in [2.75, 3.05) is 19.6 Å². The van der Waals surface area contributed by atoms with Gasteiger partial charge in [0.2, 0.25) is 0 Å². The summed E-state index contributed by atoms with van der Waals surface area (Å²) in [7, 11) is 0. The van der Waals surface area contributed by atoms with Gasteiger partial charge >= 0.3 is 0 Å². The molecule has 1 aliphatic carbocycles. The van der Waals surface area contributed by atoms with Crippen LogP contribution in [0.1, 0.15) is 45.2 Å². The Hall–Kier alpha value is -0.940. The number of rotatable bonds is 6. The lowest BCUT2D eigenvalue weighted by Crippen LogP contribution is -2.38. The van der Waals surface area contributed by atoms with Crippen molar-refractivity contribution in [1.82, 2.24) is 25.2 Å². The molecule has 0 aromatic carbocycles. The van der Waals surface area contributed by atoms with Crippen molar-refractivity contribution in [1.29, 1.82) is 0 Å². The van der Waals surface area contributed by atoms with Gasteiger partial charge in [-0.25, -0.2) is 0 Å². The molecule has 1 saturated heterocycles. The van der Waals surface area contributed by atoms with Gasteiger partial charge in [-0.05, 0) is 44.2 Å². The second-order valence-electron chi connectivity index (χ2n) is 7.13. The van der Waals surface area contributed by atoms with E-state index >= 15 is 0 Å². The monoisotopic (exact) mass is 277 g/mol. The summed E-state index contributed by atoms with van der Waals surface area (Å²) in [6.45, 7) is 10.1. The predicted octanol–water partition coefficient (Wildman–Crippen LogP) is 1.65. The van der Waals surface area contributed by atoms with E-state index in [1.165, 1.54) is 38.8 Å². The normalized spacial score (nSPS) is 23.1. The molecule has 0 atom stereocenters. The van der Waals surface area contributed by atoms with Gasteiger partial charge in [0.25, 0.3) is 0 Å². The quantitative estimate of drug-likeness (QED) is 0.859. The average molecular weight is 277 g/mol. The molecule has 0 unspecified atom stereocenters. The SMILES string of the molecule is CC1(C)CCN(CCn2cc(CNC3CC3)nn2)CC1. The summed E-state index contributed by atoms with van der Waals surface area (Å²) in [5.74, 6) is 0. The Morgan fingerprint density at radius 2 is 2.00 bits per heavy atom. The third-order valence-electron chi connectivity index (χ3n) is 4.59. The van der Waals surface area contributed by atoms with Gasteiger partial charge in [-0.15, -0.1) is 5.10 Å². The standard InChI is InChI=1S/C15H27N5/c1-15(2)5-7-19(8-6-15)9-10-20-12-14(17-18-20)11-16-13-3-4-13/h12-13,16H,3-11H2,1-2H3.